The van der Waals surface area contributed by atoms with Crippen LogP contribution in [0.15, 0.2) is 47.4 Å². The van der Waals surface area contributed by atoms with Crippen molar-refractivity contribution in [1.29, 1.82) is 0 Å². The highest BCUT2D eigenvalue weighted by atomic mass is 35.5. The first-order valence-electron chi connectivity index (χ1n) is 10.0. The molecule has 10 heteroatoms. The zero-order chi connectivity index (χ0) is 22.4. The van der Waals surface area contributed by atoms with E-state index in [2.05, 4.69) is 4.90 Å². The molecule has 0 aromatic heterocycles. The van der Waals surface area contributed by atoms with Crippen molar-refractivity contribution in [2.75, 3.05) is 42.6 Å². The molecule has 2 atom stereocenters. The molecule has 0 N–H and O–H groups in total. The molecule has 2 fully saturated rings. The average Bonchev–Trinajstić information content (AvgIpc) is 3.04. The summed E-state index contributed by atoms with van der Waals surface area (Å²) in [5, 5.41) is -0.429. The van der Waals surface area contributed by atoms with Gasteiger partial charge in [0.2, 0.25) is 0 Å². The van der Waals surface area contributed by atoms with Crippen molar-refractivity contribution in [3.8, 4) is 0 Å². The molecule has 0 bridgehead atoms. The molecule has 2 aromatic carbocycles. The second-order valence-corrected chi connectivity index (χ2v) is 12.9. The minimum Gasteiger partial charge on any atom is -0.369 e. The maximum atomic E-state index is 13.5. The number of sulfone groups is 2. The maximum absolute atomic E-state index is 13.5. The van der Waals surface area contributed by atoms with Gasteiger partial charge in [0.25, 0.3) is 0 Å². The van der Waals surface area contributed by atoms with Crippen LogP contribution in [0.4, 0.5) is 10.1 Å². The van der Waals surface area contributed by atoms with E-state index in [-0.39, 0.29) is 16.2 Å². The smallest absolute Gasteiger partial charge is 0.184 e. The van der Waals surface area contributed by atoms with Crippen molar-refractivity contribution in [2.45, 2.75) is 23.1 Å². The van der Waals surface area contributed by atoms with Gasteiger partial charge in [0.15, 0.2) is 19.7 Å². The van der Waals surface area contributed by atoms with Gasteiger partial charge in [0.1, 0.15) is 5.82 Å². The van der Waals surface area contributed by atoms with Crippen molar-refractivity contribution in [2.24, 2.45) is 0 Å². The van der Waals surface area contributed by atoms with Gasteiger partial charge in [-0.15, -0.1) is 0 Å². The summed E-state index contributed by atoms with van der Waals surface area (Å²) in [5.74, 6) is -1.12. The predicted molar refractivity (Wildman–Crippen MR) is 120 cm³/mol. The third kappa shape index (κ3) is 4.60. The molecule has 2 heterocycles. The maximum Gasteiger partial charge on any atom is 0.184 e. The summed E-state index contributed by atoms with van der Waals surface area (Å²) < 4.78 is 65.2. The van der Waals surface area contributed by atoms with Crippen LogP contribution in [0.25, 0.3) is 0 Å². The fourth-order valence-electron chi connectivity index (χ4n) is 4.51. The van der Waals surface area contributed by atoms with Gasteiger partial charge < -0.3 is 4.90 Å². The molecule has 0 radical (unpaired) electrons. The minimum absolute atomic E-state index is 0.00133. The average molecular weight is 487 g/mol. The Labute approximate surface area is 187 Å². The van der Waals surface area contributed by atoms with Gasteiger partial charge in [-0.2, -0.15) is 0 Å². The lowest BCUT2D eigenvalue weighted by atomic mass is 10.1. The predicted octanol–water partition coefficient (Wildman–Crippen LogP) is 2.55. The molecular weight excluding hydrogens is 463 g/mol. The van der Waals surface area contributed by atoms with Crippen molar-refractivity contribution in [3.05, 3.63) is 58.9 Å². The zero-order valence-electron chi connectivity index (χ0n) is 17.0. The van der Waals surface area contributed by atoms with Gasteiger partial charge in [0, 0.05) is 42.9 Å². The monoisotopic (exact) mass is 486 g/mol. The highest BCUT2D eigenvalue weighted by Crippen LogP contribution is 2.32. The van der Waals surface area contributed by atoms with Gasteiger partial charge in [-0.3, -0.25) is 4.90 Å². The van der Waals surface area contributed by atoms with Gasteiger partial charge in [-0.05, 0) is 48.9 Å². The summed E-state index contributed by atoms with van der Waals surface area (Å²) in [4.78, 5) is 4.12. The lowest BCUT2D eigenvalue weighted by Gasteiger charge is -2.40. The Morgan fingerprint density at radius 3 is 2.39 bits per heavy atom. The van der Waals surface area contributed by atoms with Crippen LogP contribution in [0.2, 0.25) is 5.02 Å². The van der Waals surface area contributed by atoms with E-state index in [0.717, 1.165) is 17.8 Å². The van der Waals surface area contributed by atoms with Crippen molar-refractivity contribution in [1.82, 2.24) is 4.90 Å². The number of nitrogens with zero attached hydrogens (tertiary/aromatic N) is 2. The second kappa shape index (κ2) is 8.35. The molecular formula is C21H24ClFN2O4S2. The molecule has 31 heavy (non-hydrogen) atoms. The van der Waals surface area contributed by atoms with Crippen LogP contribution < -0.4 is 4.90 Å². The number of benzene rings is 2. The summed E-state index contributed by atoms with van der Waals surface area (Å²) in [6.07, 6.45) is 0. The van der Waals surface area contributed by atoms with E-state index < -0.39 is 42.5 Å². The number of hydrogen-bond donors (Lipinski definition) is 0. The van der Waals surface area contributed by atoms with Crippen LogP contribution >= 0.6 is 11.6 Å². The van der Waals surface area contributed by atoms with Gasteiger partial charge in [-0.25, -0.2) is 21.2 Å². The molecule has 6 nitrogen and oxygen atoms in total. The molecule has 2 aliphatic rings. The molecule has 168 valence electrons. The SMILES string of the molecule is Cc1cc(F)ccc1S(=O)(=O)[C@H]1CS(=O)(=O)C[C@@H]1N1CCN(c2cccc(Cl)c2)CC1. The molecule has 0 spiro atoms. The molecule has 0 amide bonds. The van der Waals surface area contributed by atoms with Gasteiger partial charge in [-0.1, -0.05) is 17.7 Å². The topological polar surface area (TPSA) is 74.8 Å². The van der Waals surface area contributed by atoms with Crippen LogP contribution in [0.1, 0.15) is 5.56 Å². The third-order valence-electron chi connectivity index (χ3n) is 6.07. The van der Waals surface area contributed by atoms with E-state index in [1.807, 2.05) is 23.1 Å². The minimum atomic E-state index is -3.95. The highest BCUT2D eigenvalue weighted by molar-refractivity contribution is 7.96. The lowest BCUT2D eigenvalue weighted by molar-refractivity contribution is 0.201. The van der Waals surface area contributed by atoms with E-state index in [0.29, 0.717) is 31.2 Å². The number of piperazine rings is 1. The lowest BCUT2D eigenvalue weighted by Crippen LogP contribution is -2.55. The molecule has 2 aromatic rings. The first-order chi connectivity index (χ1) is 14.6. The van der Waals surface area contributed by atoms with Crippen LogP contribution in [-0.2, 0) is 19.7 Å². The summed E-state index contributed by atoms with van der Waals surface area (Å²) in [5.41, 5.74) is 1.27. The summed E-state index contributed by atoms with van der Waals surface area (Å²) >= 11 is 6.08. The summed E-state index contributed by atoms with van der Waals surface area (Å²) in [7, 11) is -7.45. The van der Waals surface area contributed by atoms with Crippen LogP contribution in [-0.4, -0.2) is 70.7 Å². The van der Waals surface area contributed by atoms with Gasteiger partial charge in [0.05, 0.1) is 21.7 Å². The molecule has 0 saturated carbocycles. The Kier molecular flexibility index (Phi) is 6.06. The van der Waals surface area contributed by atoms with Crippen LogP contribution in [0.3, 0.4) is 0 Å². The Morgan fingerprint density at radius 1 is 1.03 bits per heavy atom. The van der Waals surface area contributed by atoms with Gasteiger partial charge >= 0.3 is 0 Å². The van der Waals surface area contributed by atoms with Crippen molar-refractivity contribution in [3.63, 3.8) is 0 Å². The van der Waals surface area contributed by atoms with E-state index in [4.69, 9.17) is 11.6 Å². The number of anilines is 1. The Balaban J connectivity index is 1.57. The van der Waals surface area contributed by atoms with E-state index in [9.17, 15) is 21.2 Å². The Hall–Kier alpha value is -1.68. The normalized spacial score (nSPS) is 24.4. The van der Waals surface area contributed by atoms with Crippen molar-refractivity contribution < 1.29 is 21.2 Å². The third-order valence-corrected chi connectivity index (χ3v) is 10.6. The molecule has 4 rings (SSSR count). The van der Waals surface area contributed by atoms with E-state index in [1.165, 1.54) is 13.0 Å². The first kappa shape index (κ1) is 22.5. The standard InChI is InChI=1S/C21H24ClFN2O4S2/c1-15-11-17(23)5-6-20(15)31(28,29)21-14-30(26,27)13-19(21)25-9-7-24(8-10-25)18-4-2-3-16(22)12-18/h2-6,11-12,19,21H,7-10,13-14H2,1H3/t19-,21-/m0/s1. The molecule has 0 aliphatic carbocycles. The van der Waals surface area contributed by atoms with Crippen LogP contribution in [0, 0.1) is 12.7 Å². The number of rotatable bonds is 4. The number of halogens is 2. The van der Waals surface area contributed by atoms with E-state index >= 15 is 0 Å². The van der Waals surface area contributed by atoms with E-state index in [1.54, 1.807) is 6.07 Å². The molecule has 2 aliphatic heterocycles. The van der Waals surface area contributed by atoms with Crippen molar-refractivity contribution >= 4 is 37.0 Å². The van der Waals surface area contributed by atoms with Crippen LogP contribution in [0.5, 0.6) is 0 Å². The number of aryl methyl sites for hydroxylation is 1. The fraction of sp³-hybridized carbons (Fsp3) is 0.429. The summed E-state index contributed by atoms with van der Waals surface area (Å²) in [6, 6.07) is 10.4. The zero-order valence-corrected chi connectivity index (χ0v) is 19.4. The first-order valence-corrected chi connectivity index (χ1v) is 13.8. The summed E-state index contributed by atoms with van der Waals surface area (Å²) in [6.45, 7) is 3.89. The molecule has 2 saturated heterocycles. The number of hydrogen-bond acceptors (Lipinski definition) is 6. The quantitative estimate of drug-likeness (QED) is 0.618. The largest absolute Gasteiger partial charge is 0.369 e. The fourth-order valence-corrected chi connectivity index (χ4v) is 9.75. The Morgan fingerprint density at radius 2 is 1.74 bits per heavy atom. The second-order valence-electron chi connectivity index (χ2n) is 8.14. The molecule has 0 unspecified atom stereocenters. The highest BCUT2D eigenvalue weighted by Gasteiger charge is 2.49. The Bertz CT molecular complexity index is 1200.